The first kappa shape index (κ1) is 18.2. The van der Waals surface area contributed by atoms with E-state index in [1.165, 1.54) is 11.3 Å². The Morgan fingerprint density at radius 3 is 2.61 bits per heavy atom. The van der Waals surface area contributed by atoms with Gasteiger partial charge in [-0.1, -0.05) is 29.8 Å². The molecule has 0 bridgehead atoms. The Balaban J connectivity index is 1.62. The zero-order valence-corrected chi connectivity index (χ0v) is 16.3. The molecule has 4 rings (SSSR count). The molecule has 0 aliphatic rings. The highest BCUT2D eigenvalue weighted by molar-refractivity contribution is 7.10. The SMILES string of the molecule is COc1ccc(/C=C/c2nc(-c3c(=O)o[nH][n+]3-c3ccc(Cl)cc3)cs2)cc1. The number of methoxy groups -OCH3 is 1. The maximum atomic E-state index is 12.2. The van der Waals surface area contributed by atoms with Crippen LogP contribution < -0.4 is 15.0 Å². The molecule has 28 heavy (non-hydrogen) atoms. The molecule has 0 saturated carbocycles. The molecule has 0 radical (unpaired) electrons. The molecule has 8 heteroatoms. The average Bonchev–Trinajstić information content (AvgIpc) is 3.33. The van der Waals surface area contributed by atoms with Gasteiger partial charge < -0.3 is 4.74 Å². The quantitative estimate of drug-likeness (QED) is 0.498. The first-order chi connectivity index (χ1) is 13.6. The number of nitrogens with one attached hydrogen (secondary N) is 1. The fraction of sp³-hybridized carbons (Fsp3) is 0.0500. The minimum absolute atomic E-state index is 0.322. The standard InChI is InChI=1S/C20H14ClN3O3S/c1-26-16-9-2-13(3-10-16)4-11-18-22-17(12-28-18)19-20(25)27-23-24(19)15-7-5-14(21)6-8-15/h2-12H,1H3/p+1/b11-4+. The Morgan fingerprint density at radius 1 is 1.14 bits per heavy atom. The molecule has 140 valence electrons. The summed E-state index contributed by atoms with van der Waals surface area (Å²) in [5, 5.41) is 5.81. The van der Waals surface area contributed by atoms with Crippen LogP contribution in [-0.2, 0) is 0 Å². The van der Waals surface area contributed by atoms with E-state index < -0.39 is 5.63 Å². The van der Waals surface area contributed by atoms with Gasteiger partial charge in [0.2, 0.25) is 5.69 Å². The summed E-state index contributed by atoms with van der Waals surface area (Å²) in [4.78, 5) is 16.8. The molecule has 6 nitrogen and oxygen atoms in total. The van der Waals surface area contributed by atoms with E-state index in [9.17, 15) is 4.79 Å². The molecular weight excluding hydrogens is 398 g/mol. The number of thiazole rings is 1. The Kier molecular flexibility index (Phi) is 5.10. The summed E-state index contributed by atoms with van der Waals surface area (Å²) in [6.07, 6.45) is 3.85. The zero-order chi connectivity index (χ0) is 19.5. The Hall–Kier alpha value is -3.16. The minimum atomic E-state index is -0.495. The van der Waals surface area contributed by atoms with Crippen molar-refractivity contribution in [2.24, 2.45) is 0 Å². The molecule has 0 saturated heterocycles. The fourth-order valence-electron chi connectivity index (χ4n) is 2.62. The predicted octanol–water partition coefficient (Wildman–Crippen LogP) is 4.20. The van der Waals surface area contributed by atoms with Gasteiger partial charge in [-0.3, -0.25) is 4.52 Å². The highest BCUT2D eigenvalue weighted by Gasteiger charge is 2.27. The van der Waals surface area contributed by atoms with Crippen molar-refractivity contribution in [1.82, 2.24) is 10.3 Å². The van der Waals surface area contributed by atoms with Gasteiger partial charge >= 0.3 is 11.3 Å². The van der Waals surface area contributed by atoms with E-state index in [1.807, 2.05) is 41.8 Å². The number of aromatic amines is 1. The molecular formula is C20H15ClN3O3S+. The molecule has 0 unspecified atom stereocenters. The number of halogens is 1. The van der Waals surface area contributed by atoms with Gasteiger partial charge in [0, 0.05) is 22.5 Å². The third-order valence-corrected chi connectivity index (χ3v) is 5.09. The summed E-state index contributed by atoms with van der Waals surface area (Å²) >= 11 is 7.38. The molecule has 0 fully saturated rings. The number of rotatable bonds is 5. The van der Waals surface area contributed by atoms with E-state index in [1.54, 1.807) is 36.1 Å². The molecule has 0 aliphatic heterocycles. The minimum Gasteiger partial charge on any atom is -0.497 e. The fourth-order valence-corrected chi connectivity index (χ4v) is 3.44. The van der Waals surface area contributed by atoms with Crippen molar-refractivity contribution in [3.8, 4) is 22.8 Å². The zero-order valence-electron chi connectivity index (χ0n) is 14.8. The normalized spacial score (nSPS) is 11.2. The second-order valence-electron chi connectivity index (χ2n) is 5.82. The molecule has 1 N–H and O–H groups in total. The summed E-state index contributed by atoms with van der Waals surface area (Å²) in [5.74, 6) is 0.805. The van der Waals surface area contributed by atoms with Gasteiger partial charge in [0.25, 0.3) is 0 Å². The van der Waals surface area contributed by atoms with E-state index in [4.69, 9.17) is 20.9 Å². The van der Waals surface area contributed by atoms with Crippen LogP contribution in [-0.4, -0.2) is 17.4 Å². The largest absolute Gasteiger partial charge is 0.497 e. The van der Waals surface area contributed by atoms with Gasteiger partial charge in [-0.2, -0.15) is 0 Å². The van der Waals surface area contributed by atoms with Crippen LogP contribution in [0.15, 0.2) is 63.2 Å². The average molecular weight is 413 g/mol. The van der Waals surface area contributed by atoms with E-state index >= 15 is 0 Å². The summed E-state index contributed by atoms with van der Waals surface area (Å²) < 4.78 is 11.7. The third-order valence-electron chi connectivity index (χ3n) is 4.03. The van der Waals surface area contributed by atoms with Gasteiger partial charge in [-0.25, -0.2) is 9.78 Å². The Bertz CT molecular complexity index is 1170. The Morgan fingerprint density at radius 2 is 1.89 bits per heavy atom. The van der Waals surface area contributed by atoms with E-state index in [2.05, 4.69) is 10.3 Å². The first-order valence-corrected chi connectivity index (χ1v) is 9.57. The first-order valence-electron chi connectivity index (χ1n) is 8.31. The molecule has 2 aromatic carbocycles. The summed E-state index contributed by atoms with van der Waals surface area (Å²) in [7, 11) is 1.63. The molecule has 0 aliphatic carbocycles. The van der Waals surface area contributed by atoms with Crippen molar-refractivity contribution in [3.63, 3.8) is 0 Å². The number of ether oxygens (including phenoxy) is 1. The van der Waals surface area contributed by atoms with Crippen LogP contribution in [0, 0.1) is 0 Å². The summed E-state index contributed by atoms with van der Waals surface area (Å²) in [6, 6.07) is 14.8. The number of H-pyrrole nitrogens is 1. The van der Waals surface area contributed by atoms with Crippen LogP contribution in [0.4, 0.5) is 0 Å². The third kappa shape index (κ3) is 3.76. The van der Waals surface area contributed by atoms with Gasteiger partial charge in [0.1, 0.15) is 10.8 Å². The van der Waals surface area contributed by atoms with Crippen molar-refractivity contribution in [1.29, 1.82) is 0 Å². The summed E-state index contributed by atoms with van der Waals surface area (Å²) in [6.45, 7) is 0. The lowest BCUT2D eigenvalue weighted by Gasteiger charge is -1.98. The van der Waals surface area contributed by atoms with Gasteiger partial charge in [-0.15, -0.1) is 11.3 Å². The molecule has 4 aromatic rings. The molecule has 0 atom stereocenters. The molecule has 2 aromatic heterocycles. The highest BCUT2D eigenvalue weighted by Crippen LogP contribution is 2.21. The van der Waals surface area contributed by atoms with E-state index in [0.29, 0.717) is 22.1 Å². The molecule has 2 heterocycles. The second-order valence-corrected chi connectivity index (χ2v) is 7.14. The maximum Gasteiger partial charge on any atom is 0.437 e. The van der Waals surface area contributed by atoms with Crippen molar-refractivity contribution in [3.05, 3.63) is 79.9 Å². The smallest absolute Gasteiger partial charge is 0.437 e. The van der Waals surface area contributed by atoms with Crippen LogP contribution in [0.2, 0.25) is 5.02 Å². The summed E-state index contributed by atoms with van der Waals surface area (Å²) in [5.41, 5.74) is 2.10. The van der Waals surface area contributed by atoms with Crippen molar-refractivity contribution in [2.75, 3.05) is 7.11 Å². The van der Waals surface area contributed by atoms with Crippen LogP contribution >= 0.6 is 22.9 Å². The lowest BCUT2D eigenvalue weighted by atomic mass is 10.2. The van der Waals surface area contributed by atoms with Crippen molar-refractivity contribution in [2.45, 2.75) is 0 Å². The topological polar surface area (TPSA) is 72.0 Å². The van der Waals surface area contributed by atoms with Gasteiger partial charge in [0.15, 0.2) is 5.69 Å². The lowest BCUT2D eigenvalue weighted by molar-refractivity contribution is -0.660. The molecule has 0 amide bonds. The predicted molar refractivity (Wildman–Crippen MR) is 109 cm³/mol. The maximum absolute atomic E-state index is 12.2. The van der Waals surface area contributed by atoms with Crippen molar-refractivity contribution < 1.29 is 13.9 Å². The van der Waals surface area contributed by atoms with Gasteiger partial charge in [-0.05, 0) is 45.9 Å². The number of hydrogen-bond acceptors (Lipinski definition) is 5. The van der Waals surface area contributed by atoms with E-state index in [0.717, 1.165) is 16.3 Å². The number of aromatic nitrogens is 3. The van der Waals surface area contributed by atoms with Gasteiger partial charge in [0.05, 0.1) is 7.11 Å². The monoisotopic (exact) mass is 412 g/mol. The highest BCUT2D eigenvalue weighted by atomic mass is 35.5. The lowest BCUT2D eigenvalue weighted by Crippen LogP contribution is -2.36. The van der Waals surface area contributed by atoms with E-state index in [-0.39, 0.29) is 0 Å². The van der Waals surface area contributed by atoms with Crippen LogP contribution in [0.1, 0.15) is 10.6 Å². The Labute approximate surface area is 169 Å². The number of nitrogens with zero attached hydrogens (tertiary/aromatic N) is 2. The van der Waals surface area contributed by atoms with Crippen LogP contribution in [0.5, 0.6) is 5.75 Å². The molecule has 0 spiro atoms. The van der Waals surface area contributed by atoms with Crippen LogP contribution in [0.3, 0.4) is 0 Å². The van der Waals surface area contributed by atoms with Crippen molar-refractivity contribution >= 4 is 35.1 Å². The number of benzene rings is 2. The van der Waals surface area contributed by atoms with Crippen LogP contribution in [0.25, 0.3) is 29.2 Å². The second kappa shape index (κ2) is 7.84. The number of hydrogen-bond donors (Lipinski definition) is 1.